The third kappa shape index (κ3) is 4.73. The van der Waals surface area contributed by atoms with Crippen LogP contribution in [0.1, 0.15) is 38.4 Å². The maximum absolute atomic E-state index is 12.8. The summed E-state index contributed by atoms with van der Waals surface area (Å²) in [6.45, 7) is 5.65. The highest BCUT2D eigenvalue weighted by Gasteiger charge is 2.41. The van der Waals surface area contributed by atoms with Gasteiger partial charge in [-0.15, -0.1) is 0 Å². The number of hydrogen-bond acceptors (Lipinski definition) is 2. The maximum Gasteiger partial charge on any atom is 0.391 e. The van der Waals surface area contributed by atoms with Gasteiger partial charge in [-0.05, 0) is 38.6 Å². The van der Waals surface area contributed by atoms with E-state index in [0.717, 1.165) is 25.3 Å². The van der Waals surface area contributed by atoms with Crippen LogP contribution < -0.4 is 5.32 Å². The number of halogens is 3. The Morgan fingerprint density at radius 3 is 2.81 bits per heavy atom. The minimum absolute atomic E-state index is 0.00305. The molecule has 1 fully saturated rings. The Morgan fingerprint density at radius 1 is 1.43 bits per heavy atom. The van der Waals surface area contributed by atoms with E-state index < -0.39 is 12.1 Å². The lowest BCUT2D eigenvalue weighted by Crippen LogP contribution is -2.40. The van der Waals surface area contributed by atoms with E-state index in [0.29, 0.717) is 12.3 Å². The highest BCUT2D eigenvalue weighted by molar-refractivity contribution is 4.89. The van der Waals surface area contributed by atoms with Crippen molar-refractivity contribution in [1.82, 2.24) is 14.9 Å². The van der Waals surface area contributed by atoms with Crippen molar-refractivity contribution in [1.29, 1.82) is 0 Å². The summed E-state index contributed by atoms with van der Waals surface area (Å²) in [7, 11) is 0. The lowest BCUT2D eigenvalue weighted by molar-refractivity contribution is -0.183. The summed E-state index contributed by atoms with van der Waals surface area (Å²) in [5.41, 5.74) is 0. The van der Waals surface area contributed by atoms with Crippen LogP contribution in [0, 0.1) is 18.8 Å². The van der Waals surface area contributed by atoms with E-state index in [1.54, 1.807) is 6.20 Å². The van der Waals surface area contributed by atoms with Crippen LogP contribution >= 0.6 is 0 Å². The second kappa shape index (κ2) is 6.81. The Balaban J connectivity index is 1.76. The van der Waals surface area contributed by atoms with Gasteiger partial charge in [0.2, 0.25) is 0 Å². The van der Waals surface area contributed by atoms with Crippen LogP contribution in [0.25, 0.3) is 0 Å². The van der Waals surface area contributed by atoms with Crippen LogP contribution in [0.5, 0.6) is 0 Å². The molecule has 1 saturated carbocycles. The lowest BCUT2D eigenvalue weighted by Gasteiger charge is -2.31. The average molecular weight is 303 g/mol. The van der Waals surface area contributed by atoms with Gasteiger partial charge in [0.15, 0.2) is 0 Å². The molecule has 0 saturated heterocycles. The van der Waals surface area contributed by atoms with Gasteiger partial charge in [-0.25, -0.2) is 4.98 Å². The predicted octanol–water partition coefficient (Wildman–Crippen LogP) is 3.54. The van der Waals surface area contributed by atoms with Gasteiger partial charge in [0.1, 0.15) is 5.82 Å². The molecule has 1 aliphatic rings. The molecule has 1 heterocycles. The van der Waals surface area contributed by atoms with Crippen LogP contribution in [-0.4, -0.2) is 28.3 Å². The molecule has 6 heteroatoms. The SMILES string of the molecule is Cc1nccn1C[C@H](C)CN[C@@H]1CCC[C@H](C(F)(F)F)C1. The molecule has 0 unspecified atom stereocenters. The summed E-state index contributed by atoms with van der Waals surface area (Å²) >= 11 is 0. The molecule has 3 nitrogen and oxygen atoms in total. The van der Waals surface area contributed by atoms with Crippen molar-refractivity contribution in [3.8, 4) is 0 Å². The van der Waals surface area contributed by atoms with Crippen molar-refractivity contribution in [2.24, 2.45) is 11.8 Å². The topological polar surface area (TPSA) is 29.9 Å². The van der Waals surface area contributed by atoms with Gasteiger partial charge < -0.3 is 9.88 Å². The summed E-state index contributed by atoms with van der Waals surface area (Å²) in [5.74, 6) is 0.204. The summed E-state index contributed by atoms with van der Waals surface area (Å²) in [4.78, 5) is 4.17. The van der Waals surface area contributed by atoms with Crippen LogP contribution in [0.15, 0.2) is 12.4 Å². The number of aromatic nitrogens is 2. The first kappa shape index (κ1) is 16.3. The average Bonchev–Trinajstić information content (AvgIpc) is 2.81. The van der Waals surface area contributed by atoms with Crippen LogP contribution in [-0.2, 0) is 6.54 Å². The number of aryl methyl sites for hydroxylation is 1. The molecule has 0 radical (unpaired) electrons. The normalized spacial score (nSPS) is 25.0. The third-order valence-electron chi connectivity index (χ3n) is 4.32. The Kier molecular flexibility index (Phi) is 5.30. The molecular weight excluding hydrogens is 279 g/mol. The van der Waals surface area contributed by atoms with Crippen molar-refractivity contribution < 1.29 is 13.2 Å². The highest BCUT2D eigenvalue weighted by atomic mass is 19.4. The van der Waals surface area contributed by atoms with E-state index in [1.165, 1.54) is 0 Å². The van der Waals surface area contributed by atoms with Gasteiger partial charge >= 0.3 is 6.18 Å². The number of nitrogens with one attached hydrogen (secondary N) is 1. The quantitative estimate of drug-likeness (QED) is 0.901. The molecule has 1 aromatic rings. The molecule has 1 aliphatic carbocycles. The highest BCUT2D eigenvalue weighted by Crippen LogP contribution is 2.37. The Labute approximate surface area is 123 Å². The molecule has 0 aromatic carbocycles. The first-order valence-electron chi connectivity index (χ1n) is 7.64. The minimum atomic E-state index is -4.04. The third-order valence-corrected chi connectivity index (χ3v) is 4.32. The summed E-state index contributed by atoms with van der Waals surface area (Å²) in [6.07, 6.45) is 1.68. The largest absolute Gasteiger partial charge is 0.391 e. The molecule has 1 aromatic heterocycles. The number of rotatable bonds is 5. The fourth-order valence-electron chi connectivity index (χ4n) is 3.04. The monoisotopic (exact) mass is 303 g/mol. The van der Waals surface area contributed by atoms with E-state index in [1.807, 2.05) is 13.1 Å². The van der Waals surface area contributed by atoms with Crippen molar-refractivity contribution in [2.45, 2.75) is 58.3 Å². The van der Waals surface area contributed by atoms with E-state index in [4.69, 9.17) is 0 Å². The number of hydrogen-bond donors (Lipinski definition) is 1. The molecule has 0 aliphatic heterocycles. The zero-order valence-corrected chi connectivity index (χ0v) is 12.7. The van der Waals surface area contributed by atoms with Crippen molar-refractivity contribution >= 4 is 0 Å². The maximum atomic E-state index is 12.8. The van der Waals surface area contributed by atoms with Gasteiger partial charge in [-0.2, -0.15) is 13.2 Å². The molecule has 1 N–H and O–H groups in total. The first-order valence-corrected chi connectivity index (χ1v) is 7.64. The van der Waals surface area contributed by atoms with Crippen LogP contribution in [0.4, 0.5) is 13.2 Å². The molecule has 0 bridgehead atoms. The Hall–Kier alpha value is -1.04. The second-order valence-corrected chi connectivity index (χ2v) is 6.24. The standard InChI is InChI=1S/C15H24F3N3/c1-11(10-21-7-6-19-12(21)2)9-20-14-5-3-4-13(8-14)15(16,17)18/h6-7,11,13-14,20H,3-5,8-10H2,1-2H3/t11-,13+,14-/m1/s1. The fraction of sp³-hybridized carbons (Fsp3) is 0.800. The molecule has 120 valence electrons. The van der Waals surface area contributed by atoms with Crippen molar-refractivity contribution in [3.05, 3.63) is 18.2 Å². The number of imidazole rings is 1. The summed E-state index contributed by atoms with van der Waals surface area (Å²) in [6, 6.07) is -0.00305. The van der Waals surface area contributed by atoms with E-state index in [-0.39, 0.29) is 18.9 Å². The van der Waals surface area contributed by atoms with Gasteiger partial charge in [0.05, 0.1) is 5.92 Å². The Morgan fingerprint density at radius 2 is 2.19 bits per heavy atom. The Bertz CT molecular complexity index is 442. The molecule has 3 atom stereocenters. The zero-order chi connectivity index (χ0) is 15.5. The van der Waals surface area contributed by atoms with E-state index in [9.17, 15) is 13.2 Å². The van der Waals surface area contributed by atoms with Crippen molar-refractivity contribution in [3.63, 3.8) is 0 Å². The lowest BCUT2D eigenvalue weighted by atomic mass is 9.85. The number of alkyl halides is 3. The van der Waals surface area contributed by atoms with Gasteiger partial charge in [-0.1, -0.05) is 13.3 Å². The van der Waals surface area contributed by atoms with E-state index in [2.05, 4.69) is 21.8 Å². The van der Waals surface area contributed by atoms with E-state index >= 15 is 0 Å². The van der Waals surface area contributed by atoms with Crippen LogP contribution in [0.2, 0.25) is 0 Å². The minimum Gasteiger partial charge on any atom is -0.335 e. The fourth-order valence-corrected chi connectivity index (χ4v) is 3.04. The zero-order valence-electron chi connectivity index (χ0n) is 12.7. The van der Waals surface area contributed by atoms with Gasteiger partial charge in [0.25, 0.3) is 0 Å². The molecule has 0 spiro atoms. The molecule has 21 heavy (non-hydrogen) atoms. The summed E-state index contributed by atoms with van der Waals surface area (Å²) < 4.78 is 40.4. The molecule has 2 rings (SSSR count). The van der Waals surface area contributed by atoms with Gasteiger partial charge in [-0.3, -0.25) is 0 Å². The van der Waals surface area contributed by atoms with Crippen LogP contribution in [0.3, 0.4) is 0 Å². The van der Waals surface area contributed by atoms with Crippen molar-refractivity contribution in [2.75, 3.05) is 6.54 Å². The first-order chi connectivity index (χ1) is 9.86. The molecular formula is C15H24F3N3. The number of nitrogens with zero attached hydrogens (tertiary/aromatic N) is 2. The van der Waals surface area contributed by atoms with Gasteiger partial charge in [0, 0.05) is 25.0 Å². The predicted molar refractivity (Wildman–Crippen MR) is 75.9 cm³/mol. The second-order valence-electron chi connectivity index (χ2n) is 6.24. The molecule has 0 amide bonds. The summed E-state index contributed by atoms with van der Waals surface area (Å²) in [5, 5.41) is 3.32. The smallest absolute Gasteiger partial charge is 0.335 e.